The molecule has 1 aromatic rings. The molecule has 0 spiro atoms. The van der Waals surface area contributed by atoms with Gasteiger partial charge in [0.25, 0.3) is 0 Å². The average molecular weight is 625 g/mol. The molecular formula is C31H40N6O8. The Labute approximate surface area is 260 Å². The van der Waals surface area contributed by atoms with E-state index >= 15 is 0 Å². The smallest absolute Gasteiger partial charge is 0.345 e. The SMILES string of the molecule is O=C(CNC(=O)[C@@H]1CC[C@@H]2CN1C(=O)N2O)C1CC1.O=C(CNC(=O)[C@@H]1CC[C@@H]2CN1C(=O)N2OCc1ccccc1)C1CC1. The largest absolute Gasteiger partial charge is 0.347 e. The summed E-state index contributed by atoms with van der Waals surface area (Å²) in [5, 5.41) is 17.0. The number of rotatable bonds is 11. The highest BCUT2D eigenvalue weighted by Crippen LogP contribution is 2.32. The molecule has 6 amide bonds. The lowest BCUT2D eigenvalue weighted by Crippen LogP contribution is -2.50. The van der Waals surface area contributed by atoms with Crippen molar-refractivity contribution in [1.82, 2.24) is 30.6 Å². The predicted molar refractivity (Wildman–Crippen MR) is 156 cm³/mol. The van der Waals surface area contributed by atoms with Crippen molar-refractivity contribution in [2.24, 2.45) is 11.8 Å². The first-order chi connectivity index (χ1) is 21.7. The molecule has 242 valence electrons. The van der Waals surface area contributed by atoms with Gasteiger partial charge in [-0.05, 0) is 56.9 Å². The van der Waals surface area contributed by atoms with Crippen molar-refractivity contribution in [1.29, 1.82) is 0 Å². The van der Waals surface area contributed by atoms with E-state index in [1.54, 1.807) is 4.90 Å². The topological polar surface area (TPSA) is 169 Å². The quantitative estimate of drug-likeness (QED) is 0.309. The maximum absolute atomic E-state index is 12.7. The number of hydrogen-bond acceptors (Lipinski definition) is 8. The molecule has 3 N–H and O–H groups in total. The Morgan fingerprint density at radius 2 is 1.22 bits per heavy atom. The first-order valence-corrected chi connectivity index (χ1v) is 15.9. The molecule has 1 aromatic carbocycles. The van der Waals surface area contributed by atoms with Gasteiger partial charge in [-0.15, -0.1) is 0 Å². The number of carbonyl (C=O) groups is 6. The summed E-state index contributed by atoms with van der Waals surface area (Å²) >= 11 is 0. The number of hydrogen-bond donors (Lipinski definition) is 3. The lowest BCUT2D eigenvalue weighted by molar-refractivity contribution is -0.140. The predicted octanol–water partition coefficient (Wildman–Crippen LogP) is 1.22. The molecule has 4 atom stereocenters. The van der Waals surface area contributed by atoms with Crippen molar-refractivity contribution in [2.75, 3.05) is 26.2 Å². The number of urea groups is 2. The number of ketones is 2. The number of fused-ring (bicyclic) bond motifs is 4. The van der Waals surface area contributed by atoms with Crippen LogP contribution >= 0.6 is 0 Å². The van der Waals surface area contributed by atoms with Crippen LogP contribution in [0.25, 0.3) is 0 Å². The standard InChI is InChI=1S/C19H23N3O4.C12H17N3O4/c23-17(14-6-7-14)10-20-18(24)16-9-8-15-11-21(16)19(25)22(15)26-12-13-4-2-1-3-5-13;16-10(7-1-2-7)5-13-11(17)9-4-3-8-6-14(9)12(18)15(8)19/h1-5,14-16H,6-12H2,(H,20,24);7-9,19H,1-6H2,(H,13,17)/t15-,16+;8-,9+/m11/s1. The van der Waals surface area contributed by atoms with E-state index in [1.807, 2.05) is 30.3 Å². The van der Waals surface area contributed by atoms with Crippen LogP contribution in [-0.4, -0.2) is 111 Å². The van der Waals surface area contributed by atoms with E-state index in [0.29, 0.717) is 50.4 Å². The molecule has 2 saturated carbocycles. The second-order valence-corrected chi connectivity index (χ2v) is 12.7. The summed E-state index contributed by atoms with van der Waals surface area (Å²) < 4.78 is 0. The number of Topliss-reactive ketones (excluding diaryl/α,β-unsaturated/α-hetero) is 2. The van der Waals surface area contributed by atoms with E-state index in [4.69, 9.17) is 4.84 Å². The highest BCUT2D eigenvalue weighted by Gasteiger charge is 2.48. The van der Waals surface area contributed by atoms with Gasteiger partial charge in [-0.1, -0.05) is 30.3 Å². The van der Waals surface area contributed by atoms with Crippen LogP contribution in [0.4, 0.5) is 9.59 Å². The van der Waals surface area contributed by atoms with Crippen LogP contribution in [-0.2, 0) is 30.6 Å². The second kappa shape index (κ2) is 13.1. The first-order valence-electron chi connectivity index (χ1n) is 15.9. The Morgan fingerprint density at radius 3 is 1.78 bits per heavy atom. The van der Waals surface area contributed by atoms with Gasteiger partial charge in [0, 0.05) is 24.9 Å². The molecule has 4 saturated heterocycles. The number of nitrogens with one attached hydrogen (secondary N) is 2. The van der Waals surface area contributed by atoms with Crippen molar-refractivity contribution in [3.05, 3.63) is 35.9 Å². The highest BCUT2D eigenvalue weighted by atomic mass is 16.7. The van der Waals surface area contributed by atoms with Gasteiger partial charge in [0.2, 0.25) is 11.8 Å². The number of benzene rings is 1. The summed E-state index contributed by atoms with van der Waals surface area (Å²) in [6.07, 6.45) is 6.13. The molecule has 0 unspecified atom stereocenters. The zero-order valence-corrected chi connectivity index (χ0v) is 25.1. The Morgan fingerprint density at radius 1 is 0.711 bits per heavy atom. The fraction of sp³-hybridized carbons (Fsp3) is 0.613. The normalized spacial score (nSPS) is 26.8. The lowest BCUT2D eigenvalue weighted by Gasteiger charge is -2.29. The van der Waals surface area contributed by atoms with Crippen molar-refractivity contribution in [2.45, 2.75) is 82.1 Å². The van der Waals surface area contributed by atoms with Crippen LogP contribution in [0.1, 0.15) is 56.9 Å². The summed E-state index contributed by atoms with van der Waals surface area (Å²) in [6, 6.07) is 7.58. The summed E-state index contributed by atoms with van der Waals surface area (Å²) in [6.45, 7) is 1.31. The maximum Gasteiger partial charge on any atom is 0.345 e. The van der Waals surface area contributed by atoms with E-state index in [1.165, 1.54) is 9.96 Å². The fourth-order valence-corrected chi connectivity index (χ4v) is 6.40. The third-order valence-electron chi connectivity index (χ3n) is 9.42. The van der Waals surface area contributed by atoms with Crippen molar-refractivity contribution in [3.63, 3.8) is 0 Å². The van der Waals surface area contributed by atoms with Crippen molar-refractivity contribution >= 4 is 35.4 Å². The minimum atomic E-state index is -0.562. The molecule has 7 rings (SSSR count). The fourth-order valence-electron chi connectivity index (χ4n) is 6.40. The molecule has 14 heteroatoms. The summed E-state index contributed by atoms with van der Waals surface area (Å²) in [5.41, 5.74) is 0.990. The summed E-state index contributed by atoms with van der Waals surface area (Å²) in [4.78, 5) is 80.8. The van der Waals surface area contributed by atoms with E-state index < -0.39 is 18.1 Å². The maximum atomic E-state index is 12.7. The Bertz CT molecular complexity index is 1330. The molecule has 45 heavy (non-hydrogen) atoms. The highest BCUT2D eigenvalue weighted by molar-refractivity contribution is 5.93. The summed E-state index contributed by atoms with van der Waals surface area (Å²) in [5.74, 6) is -0.128. The van der Waals surface area contributed by atoms with E-state index in [9.17, 15) is 34.0 Å². The Kier molecular flexibility index (Phi) is 9.04. The molecule has 4 aliphatic heterocycles. The third-order valence-corrected chi connectivity index (χ3v) is 9.42. The number of piperidine rings is 2. The number of nitrogens with zero attached hydrogens (tertiary/aromatic N) is 4. The molecule has 0 aromatic heterocycles. The average Bonchev–Trinajstić information content (AvgIpc) is 3.99. The minimum absolute atomic E-state index is 0.0247. The van der Waals surface area contributed by atoms with Crippen LogP contribution in [0, 0.1) is 11.8 Å². The van der Waals surface area contributed by atoms with Gasteiger partial charge in [-0.3, -0.25) is 29.2 Å². The zero-order valence-electron chi connectivity index (χ0n) is 25.1. The minimum Gasteiger partial charge on any atom is -0.347 e. The zero-order chi connectivity index (χ0) is 31.7. The molecular weight excluding hydrogens is 584 g/mol. The monoisotopic (exact) mass is 624 g/mol. The number of carbonyl (C=O) groups excluding carboxylic acids is 6. The second-order valence-electron chi connectivity index (χ2n) is 12.7. The number of hydroxylamine groups is 4. The van der Waals surface area contributed by atoms with Crippen LogP contribution in [0.5, 0.6) is 0 Å². The van der Waals surface area contributed by atoms with Gasteiger partial charge in [0.1, 0.15) is 18.7 Å². The molecule has 4 bridgehead atoms. The Hall–Kier alpha value is -4.04. The van der Waals surface area contributed by atoms with E-state index in [2.05, 4.69) is 10.6 Å². The van der Waals surface area contributed by atoms with Crippen LogP contribution in [0.3, 0.4) is 0 Å². The van der Waals surface area contributed by atoms with Gasteiger partial charge in [-0.25, -0.2) is 14.7 Å². The van der Waals surface area contributed by atoms with Gasteiger partial charge in [0.15, 0.2) is 11.6 Å². The van der Waals surface area contributed by atoms with Crippen molar-refractivity contribution in [3.8, 4) is 0 Å². The molecule has 2 aliphatic carbocycles. The molecule has 4 heterocycles. The lowest BCUT2D eigenvalue weighted by atomic mass is 10.0. The van der Waals surface area contributed by atoms with Crippen LogP contribution in [0.15, 0.2) is 30.3 Å². The first kappa shape index (κ1) is 31.0. The number of amides is 6. The summed E-state index contributed by atoms with van der Waals surface area (Å²) in [7, 11) is 0. The van der Waals surface area contributed by atoms with Gasteiger partial charge >= 0.3 is 12.1 Å². The molecule has 6 fully saturated rings. The van der Waals surface area contributed by atoms with Crippen molar-refractivity contribution < 1.29 is 38.8 Å². The Balaban J connectivity index is 0.000000167. The van der Waals surface area contributed by atoms with Crippen LogP contribution in [0.2, 0.25) is 0 Å². The molecule has 6 aliphatic rings. The van der Waals surface area contributed by atoms with E-state index in [0.717, 1.165) is 31.2 Å². The van der Waals surface area contributed by atoms with Gasteiger partial charge < -0.3 is 20.4 Å². The molecule has 14 nitrogen and oxygen atoms in total. The third kappa shape index (κ3) is 6.96. The van der Waals surface area contributed by atoms with Gasteiger partial charge in [-0.2, -0.15) is 5.06 Å². The van der Waals surface area contributed by atoms with E-state index in [-0.39, 0.29) is 66.4 Å². The van der Waals surface area contributed by atoms with Crippen LogP contribution < -0.4 is 10.6 Å². The molecule has 0 radical (unpaired) electrons. The van der Waals surface area contributed by atoms with Gasteiger partial charge in [0.05, 0.1) is 25.2 Å².